The van der Waals surface area contributed by atoms with Gasteiger partial charge in [0.2, 0.25) is 5.89 Å². The zero-order valence-corrected chi connectivity index (χ0v) is 15.9. The number of carbonyl (C=O) groups is 1. The maximum absolute atomic E-state index is 12.8. The summed E-state index contributed by atoms with van der Waals surface area (Å²) in [5.74, 6) is 0.824. The van der Waals surface area contributed by atoms with E-state index in [-0.39, 0.29) is 12.5 Å². The van der Waals surface area contributed by atoms with E-state index in [0.717, 1.165) is 11.3 Å². The fourth-order valence-corrected chi connectivity index (χ4v) is 2.80. The van der Waals surface area contributed by atoms with Gasteiger partial charge in [0.05, 0.1) is 12.8 Å². The van der Waals surface area contributed by atoms with Crippen molar-refractivity contribution in [2.45, 2.75) is 13.5 Å². The molecule has 0 fully saturated rings. The SMILES string of the molecule is COc1ccc(-c2nn(-c3ccccc3)cc2C(=O)OCc2nnc(C)o2)cc1. The van der Waals surface area contributed by atoms with Gasteiger partial charge in [-0.25, -0.2) is 9.48 Å². The van der Waals surface area contributed by atoms with Crippen LogP contribution in [0.3, 0.4) is 0 Å². The number of para-hydroxylation sites is 1. The minimum absolute atomic E-state index is 0.113. The number of rotatable bonds is 6. The van der Waals surface area contributed by atoms with E-state index in [1.54, 1.807) is 24.9 Å². The lowest BCUT2D eigenvalue weighted by molar-refractivity contribution is 0.0437. The molecule has 8 nitrogen and oxygen atoms in total. The average Bonchev–Trinajstić information content (AvgIpc) is 3.39. The molecule has 4 aromatic rings. The second-order valence-corrected chi connectivity index (χ2v) is 6.19. The van der Waals surface area contributed by atoms with Crippen LogP contribution in [-0.2, 0) is 11.3 Å². The van der Waals surface area contributed by atoms with Gasteiger partial charge in [0.15, 0.2) is 6.61 Å². The van der Waals surface area contributed by atoms with E-state index < -0.39 is 5.97 Å². The Morgan fingerprint density at radius 2 is 1.83 bits per heavy atom. The van der Waals surface area contributed by atoms with E-state index in [2.05, 4.69) is 15.3 Å². The number of esters is 1. The van der Waals surface area contributed by atoms with E-state index in [1.165, 1.54) is 0 Å². The molecule has 0 amide bonds. The predicted octanol–water partition coefficient (Wildman–Crippen LogP) is 3.60. The Morgan fingerprint density at radius 1 is 1.07 bits per heavy atom. The maximum Gasteiger partial charge on any atom is 0.342 e. The molecule has 146 valence electrons. The molecule has 2 heterocycles. The lowest BCUT2D eigenvalue weighted by Crippen LogP contribution is -2.06. The molecule has 0 aliphatic heterocycles. The number of hydrogen-bond acceptors (Lipinski definition) is 7. The summed E-state index contributed by atoms with van der Waals surface area (Å²) in [6.45, 7) is 1.56. The van der Waals surface area contributed by atoms with Crippen LogP contribution in [0.5, 0.6) is 5.75 Å². The highest BCUT2D eigenvalue weighted by Gasteiger charge is 2.21. The Labute approximate surface area is 166 Å². The minimum atomic E-state index is -0.533. The van der Waals surface area contributed by atoms with Gasteiger partial charge < -0.3 is 13.9 Å². The van der Waals surface area contributed by atoms with E-state index >= 15 is 0 Å². The van der Waals surface area contributed by atoms with E-state index in [1.807, 2.05) is 54.6 Å². The molecule has 0 aliphatic carbocycles. The number of ether oxygens (including phenoxy) is 2. The van der Waals surface area contributed by atoms with Crippen LogP contribution in [0.25, 0.3) is 16.9 Å². The highest BCUT2D eigenvalue weighted by atomic mass is 16.5. The van der Waals surface area contributed by atoms with Crippen LogP contribution in [0, 0.1) is 6.92 Å². The molecule has 0 radical (unpaired) electrons. The molecule has 2 aromatic carbocycles. The summed E-state index contributed by atoms with van der Waals surface area (Å²) in [5, 5.41) is 12.2. The molecule has 2 aromatic heterocycles. The first-order chi connectivity index (χ1) is 14.1. The quantitative estimate of drug-likeness (QED) is 0.465. The number of hydrogen-bond donors (Lipinski definition) is 0. The maximum atomic E-state index is 12.8. The molecule has 0 N–H and O–H groups in total. The number of aryl methyl sites for hydroxylation is 1. The summed E-state index contributed by atoms with van der Waals surface area (Å²) in [5.41, 5.74) is 2.42. The first-order valence-corrected chi connectivity index (χ1v) is 8.89. The summed E-state index contributed by atoms with van der Waals surface area (Å²) >= 11 is 0. The van der Waals surface area contributed by atoms with Crippen molar-refractivity contribution >= 4 is 5.97 Å². The van der Waals surface area contributed by atoms with Crippen molar-refractivity contribution in [3.8, 4) is 22.7 Å². The van der Waals surface area contributed by atoms with E-state index in [4.69, 9.17) is 13.9 Å². The van der Waals surface area contributed by atoms with Gasteiger partial charge in [-0.1, -0.05) is 18.2 Å². The van der Waals surface area contributed by atoms with Crippen LogP contribution < -0.4 is 4.74 Å². The molecule has 0 aliphatic rings. The number of nitrogens with zero attached hydrogens (tertiary/aromatic N) is 4. The second kappa shape index (κ2) is 7.97. The highest BCUT2D eigenvalue weighted by molar-refractivity contribution is 5.96. The summed E-state index contributed by atoms with van der Waals surface area (Å²) in [4.78, 5) is 12.8. The van der Waals surface area contributed by atoms with E-state index in [0.29, 0.717) is 22.9 Å². The standard InChI is InChI=1S/C21H18N4O4/c1-14-22-23-19(29-14)13-28-21(26)18-12-25(16-6-4-3-5-7-16)24-20(18)15-8-10-17(27-2)11-9-15/h3-12H,13H2,1-2H3. The third-order valence-corrected chi connectivity index (χ3v) is 4.21. The summed E-state index contributed by atoms with van der Waals surface area (Å²) < 4.78 is 17.5. The zero-order chi connectivity index (χ0) is 20.2. The van der Waals surface area contributed by atoms with Crippen molar-refractivity contribution < 1.29 is 18.7 Å². The molecule has 0 atom stereocenters. The fourth-order valence-electron chi connectivity index (χ4n) is 2.80. The van der Waals surface area contributed by atoms with Gasteiger partial charge in [0, 0.05) is 18.7 Å². The van der Waals surface area contributed by atoms with Crippen LogP contribution in [0.4, 0.5) is 0 Å². The average molecular weight is 390 g/mol. The minimum Gasteiger partial charge on any atom is -0.497 e. The molecule has 8 heteroatoms. The van der Waals surface area contributed by atoms with Gasteiger partial charge in [-0.05, 0) is 36.4 Å². The lowest BCUT2D eigenvalue weighted by atomic mass is 10.1. The van der Waals surface area contributed by atoms with Gasteiger partial charge in [-0.15, -0.1) is 10.2 Å². The number of benzene rings is 2. The van der Waals surface area contributed by atoms with Crippen LogP contribution in [-0.4, -0.2) is 33.1 Å². The molecule has 0 spiro atoms. The number of carbonyl (C=O) groups excluding carboxylic acids is 1. The molecule has 29 heavy (non-hydrogen) atoms. The summed E-state index contributed by atoms with van der Waals surface area (Å²) in [7, 11) is 1.60. The number of aromatic nitrogens is 4. The normalized spacial score (nSPS) is 10.7. The molecular formula is C21H18N4O4. The van der Waals surface area contributed by atoms with Crippen molar-refractivity contribution in [3.63, 3.8) is 0 Å². The Bertz CT molecular complexity index is 1120. The van der Waals surface area contributed by atoms with Crippen molar-refractivity contribution in [3.05, 3.63) is 78.1 Å². The molecule has 4 rings (SSSR count). The fraction of sp³-hybridized carbons (Fsp3) is 0.143. The van der Waals surface area contributed by atoms with Crippen LogP contribution in [0.2, 0.25) is 0 Å². The van der Waals surface area contributed by atoms with Gasteiger partial charge >= 0.3 is 5.97 Å². The molecular weight excluding hydrogens is 372 g/mol. The van der Waals surface area contributed by atoms with Crippen LogP contribution in [0.1, 0.15) is 22.1 Å². The first-order valence-electron chi connectivity index (χ1n) is 8.89. The van der Waals surface area contributed by atoms with E-state index in [9.17, 15) is 4.79 Å². The zero-order valence-electron chi connectivity index (χ0n) is 15.9. The van der Waals surface area contributed by atoms with Crippen molar-refractivity contribution in [1.82, 2.24) is 20.0 Å². The highest BCUT2D eigenvalue weighted by Crippen LogP contribution is 2.26. The van der Waals surface area contributed by atoms with Gasteiger partial charge in [0.25, 0.3) is 5.89 Å². The van der Waals surface area contributed by atoms with Crippen molar-refractivity contribution in [2.75, 3.05) is 7.11 Å². The Kier molecular flexibility index (Phi) is 5.07. The summed E-state index contributed by atoms with van der Waals surface area (Å²) in [6.07, 6.45) is 1.65. The second-order valence-electron chi connectivity index (χ2n) is 6.19. The predicted molar refractivity (Wildman–Crippen MR) is 104 cm³/mol. The first kappa shape index (κ1) is 18.4. The topological polar surface area (TPSA) is 92.3 Å². The van der Waals surface area contributed by atoms with Gasteiger partial charge in [-0.3, -0.25) is 0 Å². The van der Waals surface area contributed by atoms with Crippen LogP contribution in [0.15, 0.2) is 65.2 Å². The third kappa shape index (κ3) is 4.01. The van der Waals surface area contributed by atoms with Crippen molar-refractivity contribution in [2.24, 2.45) is 0 Å². The monoisotopic (exact) mass is 390 g/mol. The lowest BCUT2D eigenvalue weighted by Gasteiger charge is -2.04. The molecule has 0 saturated carbocycles. The summed E-state index contributed by atoms with van der Waals surface area (Å²) in [6, 6.07) is 16.8. The van der Waals surface area contributed by atoms with Gasteiger partial charge in [0.1, 0.15) is 17.0 Å². The Morgan fingerprint density at radius 3 is 2.48 bits per heavy atom. The Hall–Kier alpha value is -3.94. The third-order valence-electron chi connectivity index (χ3n) is 4.21. The van der Waals surface area contributed by atoms with Crippen molar-refractivity contribution in [1.29, 1.82) is 0 Å². The molecule has 0 saturated heterocycles. The molecule has 0 unspecified atom stereocenters. The smallest absolute Gasteiger partial charge is 0.342 e. The number of methoxy groups -OCH3 is 1. The van der Waals surface area contributed by atoms with Gasteiger partial charge in [-0.2, -0.15) is 5.10 Å². The molecule has 0 bridgehead atoms. The largest absolute Gasteiger partial charge is 0.497 e. The Balaban J connectivity index is 1.67. The van der Waals surface area contributed by atoms with Crippen LogP contribution >= 0.6 is 0 Å².